The molecule has 5 aromatic rings. The number of amides is 1. The number of aryl methyl sites for hydroxylation is 1. The summed E-state index contributed by atoms with van der Waals surface area (Å²) in [6, 6.07) is 22.7. The summed E-state index contributed by atoms with van der Waals surface area (Å²) in [6.07, 6.45) is 3.02. The molecule has 0 saturated carbocycles. The monoisotopic (exact) mass is 555 g/mol. The Balaban J connectivity index is 1.48. The number of pyridine rings is 1. The van der Waals surface area contributed by atoms with Crippen molar-refractivity contribution in [3.8, 4) is 17.2 Å². The molecular formula is C30H23ClFN5O3. The molecule has 0 spiro atoms. The molecule has 0 aliphatic carbocycles. The molecule has 2 aromatic heterocycles. The fraction of sp³-hybridized carbons (Fsp3) is 0.0667. The maximum atomic E-state index is 13.9. The molecular weight excluding hydrogens is 533 g/mol. The van der Waals surface area contributed by atoms with E-state index < -0.39 is 11.4 Å². The lowest BCUT2D eigenvalue weighted by atomic mass is 10.1. The molecule has 0 atom stereocenters. The second-order valence-corrected chi connectivity index (χ2v) is 9.21. The lowest BCUT2D eigenvalue weighted by Crippen LogP contribution is -2.24. The van der Waals surface area contributed by atoms with Gasteiger partial charge in [0.1, 0.15) is 11.6 Å². The third-order valence-corrected chi connectivity index (χ3v) is 6.33. The van der Waals surface area contributed by atoms with Gasteiger partial charge in [-0.15, -0.1) is 0 Å². The first kappa shape index (κ1) is 26.6. The summed E-state index contributed by atoms with van der Waals surface area (Å²) in [6.45, 7) is 2.09. The Morgan fingerprint density at radius 2 is 1.88 bits per heavy atom. The van der Waals surface area contributed by atoms with Crippen LogP contribution in [0, 0.1) is 12.7 Å². The van der Waals surface area contributed by atoms with E-state index in [4.69, 9.17) is 16.3 Å². The molecule has 0 aliphatic heterocycles. The van der Waals surface area contributed by atoms with E-state index in [2.05, 4.69) is 20.7 Å². The van der Waals surface area contributed by atoms with Gasteiger partial charge in [0.2, 0.25) is 0 Å². The van der Waals surface area contributed by atoms with Crippen molar-refractivity contribution in [2.45, 2.75) is 13.5 Å². The lowest BCUT2D eigenvalue weighted by molar-refractivity contribution is 0.0950. The Morgan fingerprint density at radius 1 is 1.02 bits per heavy atom. The second-order valence-electron chi connectivity index (χ2n) is 8.80. The predicted octanol–water partition coefficient (Wildman–Crippen LogP) is 6.19. The molecule has 40 heavy (non-hydrogen) atoms. The van der Waals surface area contributed by atoms with Crippen LogP contribution in [0.1, 0.15) is 21.6 Å². The smallest absolute Gasteiger partial charge is 0.299 e. The molecule has 0 fully saturated rings. The van der Waals surface area contributed by atoms with Gasteiger partial charge in [-0.05, 0) is 79.2 Å². The molecule has 3 aromatic carbocycles. The minimum atomic E-state index is -0.584. The van der Waals surface area contributed by atoms with Crippen molar-refractivity contribution in [2.24, 2.45) is 0 Å². The van der Waals surface area contributed by atoms with E-state index in [9.17, 15) is 14.0 Å². The molecule has 5 rings (SSSR count). The van der Waals surface area contributed by atoms with Crippen molar-refractivity contribution >= 4 is 28.9 Å². The zero-order chi connectivity index (χ0) is 28.1. The van der Waals surface area contributed by atoms with Gasteiger partial charge in [-0.25, -0.2) is 4.39 Å². The fourth-order valence-corrected chi connectivity index (χ4v) is 4.01. The summed E-state index contributed by atoms with van der Waals surface area (Å²) < 4.78 is 21.0. The Bertz CT molecular complexity index is 1740. The molecule has 0 bridgehead atoms. The van der Waals surface area contributed by atoms with Gasteiger partial charge in [0.15, 0.2) is 11.4 Å². The molecule has 2 heterocycles. The second kappa shape index (κ2) is 11.8. The summed E-state index contributed by atoms with van der Waals surface area (Å²) in [5.41, 5.74) is 2.03. The van der Waals surface area contributed by atoms with Crippen LogP contribution in [0.3, 0.4) is 0 Å². The van der Waals surface area contributed by atoms with Gasteiger partial charge in [-0.1, -0.05) is 29.8 Å². The van der Waals surface area contributed by atoms with Crippen LogP contribution in [-0.2, 0) is 6.54 Å². The van der Waals surface area contributed by atoms with Crippen LogP contribution in [0.15, 0.2) is 102 Å². The number of nitrogens with one attached hydrogen (secondary N) is 2. The van der Waals surface area contributed by atoms with E-state index in [1.165, 1.54) is 24.4 Å². The first-order valence-corrected chi connectivity index (χ1v) is 12.6. The van der Waals surface area contributed by atoms with Crippen LogP contribution in [0.25, 0.3) is 5.69 Å². The highest BCUT2D eigenvalue weighted by molar-refractivity contribution is 6.31. The van der Waals surface area contributed by atoms with Crippen molar-refractivity contribution < 1.29 is 13.9 Å². The van der Waals surface area contributed by atoms with E-state index in [-0.39, 0.29) is 29.6 Å². The number of anilines is 2. The van der Waals surface area contributed by atoms with Gasteiger partial charge in [-0.3, -0.25) is 14.6 Å². The highest BCUT2D eigenvalue weighted by Crippen LogP contribution is 2.31. The van der Waals surface area contributed by atoms with Gasteiger partial charge >= 0.3 is 0 Å². The van der Waals surface area contributed by atoms with Crippen molar-refractivity contribution in [1.82, 2.24) is 20.1 Å². The molecule has 0 radical (unpaired) electrons. The van der Waals surface area contributed by atoms with Crippen molar-refractivity contribution in [3.05, 3.63) is 135 Å². The Morgan fingerprint density at radius 3 is 2.65 bits per heavy atom. The summed E-state index contributed by atoms with van der Waals surface area (Å²) in [7, 11) is 0. The molecule has 2 N–H and O–H groups in total. The number of benzene rings is 3. The van der Waals surface area contributed by atoms with E-state index >= 15 is 0 Å². The predicted molar refractivity (Wildman–Crippen MR) is 151 cm³/mol. The zero-order valence-corrected chi connectivity index (χ0v) is 22.0. The van der Waals surface area contributed by atoms with E-state index in [0.717, 1.165) is 15.9 Å². The van der Waals surface area contributed by atoms with Crippen LogP contribution >= 0.6 is 11.6 Å². The van der Waals surface area contributed by atoms with Crippen LogP contribution in [-0.4, -0.2) is 20.7 Å². The van der Waals surface area contributed by atoms with Crippen LogP contribution in [0.4, 0.5) is 15.8 Å². The minimum absolute atomic E-state index is 0.0397. The topological polar surface area (TPSA) is 98.1 Å². The summed E-state index contributed by atoms with van der Waals surface area (Å²) in [5, 5.41) is 10.7. The molecule has 0 aliphatic rings. The SMILES string of the molecule is Cc1cc(Oc2cnn(-c3cccc(F)c3)c(=O)c2Nc2cccc(C(=O)NCc3ccccn3)c2)ccc1Cl. The van der Waals surface area contributed by atoms with Gasteiger partial charge in [0.25, 0.3) is 11.5 Å². The number of hydrogen-bond donors (Lipinski definition) is 2. The zero-order valence-electron chi connectivity index (χ0n) is 21.3. The number of nitrogens with zero attached hydrogens (tertiary/aromatic N) is 3. The molecule has 10 heteroatoms. The standard InChI is InChI=1S/C30H23ClFN5O3/c1-19-14-25(11-12-26(19)31)40-27-18-35-37(24-10-5-7-21(32)16-24)30(39)28(27)36-22-9-4-6-20(15-22)29(38)34-17-23-8-2-3-13-33-23/h2-16,18,36H,17H2,1H3,(H,34,38). The Hall–Kier alpha value is -5.02. The quantitative estimate of drug-likeness (QED) is 0.237. The number of rotatable bonds is 8. The Kier molecular flexibility index (Phi) is 7.84. The van der Waals surface area contributed by atoms with Crippen LogP contribution in [0.2, 0.25) is 5.02 Å². The minimum Gasteiger partial charge on any atom is -0.453 e. The highest BCUT2D eigenvalue weighted by Gasteiger charge is 2.17. The maximum Gasteiger partial charge on any atom is 0.299 e. The molecule has 0 saturated heterocycles. The molecule has 200 valence electrons. The molecule has 0 unspecified atom stereocenters. The number of ether oxygens (including phenoxy) is 1. The third-order valence-electron chi connectivity index (χ3n) is 5.90. The number of carbonyl (C=O) groups excluding carboxylic acids is 1. The summed E-state index contributed by atoms with van der Waals surface area (Å²) in [5.74, 6) is -0.252. The highest BCUT2D eigenvalue weighted by atomic mass is 35.5. The third kappa shape index (κ3) is 6.16. The first-order valence-electron chi connectivity index (χ1n) is 12.2. The molecule has 8 nitrogen and oxygen atoms in total. The van der Waals surface area contributed by atoms with Crippen molar-refractivity contribution in [1.29, 1.82) is 0 Å². The number of aromatic nitrogens is 3. The van der Waals surface area contributed by atoms with Crippen LogP contribution in [0.5, 0.6) is 11.5 Å². The van der Waals surface area contributed by atoms with Crippen LogP contribution < -0.4 is 20.9 Å². The van der Waals surface area contributed by atoms with Crippen molar-refractivity contribution in [3.63, 3.8) is 0 Å². The summed E-state index contributed by atoms with van der Waals surface area (Å²) >= 11 is 6.15. The van der Waals surface area contributed by atoms with Gasteiger partial charge in [0, 0.05) is 22.5 Å². The van der Waals surface area contributed by atoms with E-state index in [0.29, 0.717) is 22.0 Å². The normalized spacial score (nSPS) is 10.7. The van der Waals surface area contributed by atoms with E-state index in [1.54, 1.807) is 60.8 Å². The maximum absolute atomic E-state index is 13.9. The summed E-state index contributed by atoms with van der Waals surface area (Å²) in [4.78, 5) is 30.6. The first-order chi connectivity index (χ1) is 19.4. The van der Waals surface area contributed by atoms with E-state index in [1.807, 2.05) is 19.1 Å². The number of hydrogen-bond acceptors (Lipinski definition) is 6. The number of carbonyl (C=O) groups is 1. The molecule has 1 amide bonds. The average Bonchev–Trinajstić information content (AvgIpc) is 2.96. The van der Waals surface area contributed by atoms with Gasteiger partial charge < -0.3 is 15.4 Å². The largest absolute Gasteiger partial charge is 0.453 e. The lowest BCUT2D eigenvalue weighted by Gasteiger charge is -2.15. The fourth-order valence-electron chi connectivity index (χ4n) is 3.89. The van der Waals surface area contributed by atoms with Gasteiger partial charge in [0.05, 0.1) is 24.1 Å². The van der Waals surface area contributed by atoms with Crippen molar-refractivity contribution in [2.75, 3.05) is 5.32 Å². The number of halogens is 2. The van der Waals surface area contributed by atoms with Gasteiger partial charge in [-0.2, -0.15) is 9.78 Å². The average molecular weight is 556 g/mol. The Labute approximate surface area is 234 Å².